The van der Waals surface area contributed by atoms with Crippen molar-refractivity contribution in [2.75, 3.05) is 13.1 Å². The zero-order valence-corrected chi connectivity index (χ0v) is 9.30. The maximum Gasteiger partial charge on any atom is 0.0704 e. The summed E-state index contributed by atoms with van der Waals surface area (Å²) in [6.07, 6.45) is 9.25. The fourth-order valence-electron chi connectivity index (χ4n) is 2.70. The average molecular weight is 197 g/mol. The lowest BCUT2D eigenvalue weighted by atomic mass is 10.1. The Morgan fingerprint density at radius 2 is 1.86 bits per heavy atom. The van der Waals surface area contributed by atoms with E-state index in [1.165, 1.54) is 45.1 Å². The van der Waals surface area contributed by atoms with Crippen LogP contribution in [-0.4, -0.2) is 25.3 Å². The highest BCUT2D eigenvalue weighted by Crippen LogP contribution is 2.24. The largest absolute Gasteiger partial charge is 0.374 e. The standard InChI is InChI=1S/C12H23NO/c1-10-6-7-12(14-10)9-13-8-11-4-2-3-5-11/h10-13H,2-9H2,1H3. The van der Waals surface area contributed by atoms with Crippen LogP contribution in [0.5, 0.6) is 0 Å². The summed E-state index contributed by atoms with van der Waals surface area (Å²) in [6.45, 7) is 4.46. The van der Waals surface area contributed by atoms with E-state index in [-0.39, 0.29) is 0 Å². The highest BCUT2D eigenvalue weighted by molar-refractivity contribution is 4.74. The lowest BCUT2D eigenvalue weighted by molar-refractivity contribution is 0.0556. The Hall–Kier alpha value is -0.0800. The molecule has 1 saturated heterocycles. The van der Waals surface area contributed by atoms with Gasteiger partial charge in [0.05, 0.1) is 12.2 Å². The second-order valence-corrected chi connectivity index (χ2v) is 4.95. The van der Waals surface area contributed by atoms with Crippen molar-refractivity contribution in [1.82, 2.24) is 5.32 Å². The molecule has 1 saturated carbocycles. The first kappa shape index (κ1) is 10.4. The molecule has 0 aromatic heterocycles. The predicted octanol–water partition coefficient (Wildman–Crippen LogP) is 2.33. The summed E-state index contributed by atoms with van der Waals surface area (Å²) in [6, 6.07) is 0. The fraction of sp³-hybridized carbons (Fsp3) is 1.00. The normalized spacial score (nSPS) is 34.1. The van der Waals surface area contributed by atoms with Gasteiger partial charge in [-0.15, -0.1) is 0 Å². The Kier molecular flexibility index (Phi) is 3.82. The minimum atomic E-state index is 0.492. The molecule has 0 bridgehead atoms. The molecule has 1 N–H and O–H groups in total. The van der Waals surface area contributed by atoms with Crippen molar-refractivity contribution in [3.8, 4) is 0 Å². The molecule has 0 spiro atoms. The van der Waals surface area contributed by atoms with Crippen molar-refractivity contribution in [3.63, 3.8) is 0 Å². The molecule has 2 nitrogen and oxygen atoms in total. The topological polar surface area (TPSA) is 21.3 Å². The van der Waals surface area contributed by atoms with Gasteiger partial charge in [0.1, 0.15) is 0 Å². The molecular formula is C12H23NO. The van der Waals surface area contributed by atoms with Crippen LogP contribution in [0.25, 0.3) is 0 Å². The molecule has 2 rings (SSSR count). The molecule has 2 aliphatic rings. The van der Waals surface area contributed by atoms with E-state index in [0.29, 0.717) is 12.2 Å². The summed E-state index contributed by atoms with van der Waals surface area (Å²) in [5.41, 5.74) is 0. The second-order valence-electron chi connectivity index (χ2n) is 4.95. The molecule has 2 atom stereocenters. The first-order valence-electron chi connectivity index (χ1n) is 6.21. The van der Waals surface area contributed by atoms with Gasteiger partial charge in [-0.2, -0.15) is 0 Å². The van der Waals surface area contributed by atoms with Gasteiger partial charge >= 0.3 is 0 Å². The average Bonchev–Trinajstić information content (AvgIpc) is 2.77. The Morgan fingerprint density at radius 1 is 1.07 bits per heavy atom. The van der Waals surface area contributed by atoms with Crippen LogP contribution in [0, 0.1) is 5.92 Å². The van der Waals surface area contributed by atoms with Crippen LogP contribution in [0.1, 0.15) is 45.4 Å². The maximum atomic E-state index is 5.76. The Balaban J connectivity index is 1.54. The van der Waals surface area contributed by atoms with Crippen molar-refractivity contribution in [1.29, 1.82) is 0 Å². The van der Waals surface area contributed by atoms with Crippen molar-refractivity contribution in [3.05, 3.63) is 0 Å². The van der Waals surface area contributed by atoms with Gasteiger partial charge in [0, 0.05) is 6.54 Å². The van der Waals surface area contributed by atoms with Crippen LogP contribution in [0.3, 0.4) is 0 Å². The molecule has 2 heteroatoms. The highest BCUT2D eigenvalue weighted by atomic mass is 16.5. The number of nitrogens with one attached hydrogen (secondary N) is 1. The smallest absolute Gasteiger partial charge is 0.0704 e. The van der Waals surface area contributed by atoms with E-state index in [9.17, 15) is 0 Å². The summed E-state index contributed by atoms with van der Waals surface area (Å²) in [7, 11) is 0. The van der Waals surface area contributed by atoms with E-state index in [4.69, 9.17) is 4.74 Å². The first-order chi connectivity index (χ1) is 6.84. The molecule has 0 aromatic carbocycles. The summed E-state index contributed by atoms with van der Waals surface area (Å²) in [5.74, 6) is 0.953. The van der Waals surface area contributed by atoms with Crippen molar-refractivity contribution in [2.45, 2.75) is 57.7 Å². The third kappa shape index (κ3) is 2.96. The van der Waals surface area contributed by atoms with E-state index in [2.05, 4.69) is 12.2 Å². The highest BCUT2D eigenvalue weighted by Gasteiger charge is 2.21. The first-order valence-corrected chi connectivity index (χ1v) is 6.21. The molecule has 82 valence electrons. The molecule has 2 unspecified atom stereocenters. The number of hydrogen-bond donors (Lipinski definition) is 1. The summed E-state index contributed by atoms with van der Waals surface area (Å²) in [4.78, 5) is 0. The molecule has 1 aliphatic carbocycles. The van der Waals surface area contributed by atoms with Crippen LogP contribution in [0.4, 0.5) is 0 Å². The van der Waals surface area contributed by atoms with E-state index >= 15 is 0 Å². The van der Waals surface area contributed by atoms with Gasteiger partial charge in [-0.05, 0) is 45.1 Å². The zero-order chi connectivity index (χ0) is 9.80. The van der Waals surface area contributed by atoms with Crippen molar-refractivity contribution < 1.29 is 4.74 Å². The minimum Gasteiger partial charge on any atom is -0.374 e. The van der Waals surface area contributed by atoms with E-state index in [1.54, 1.807) is 0 Å². The third-order valence-corrected chi connectivity index (χ3v) is 3.60. The molecule has 0 radical (unpaired) electrons. The number of rotatable bonds is 4. The molecule has 0 amide bonds. The molecule has 1 aliphatic heterocycles. The predicted molar refractivity (Wildman–Crippen MR) is 58.4 cm³/mol. The molecule has 1 heterocycles. The van der Waals surface area contributed by atoms with Gasteiger partial charge in [-0.25, -0.2) is 0 Å². The van der Waals surface area contributed by atoms with Crippen LogP contribution < -0.4 is 5.32 Å². The van der Waals surface area contributed by atoms with Gasteiger partial charge in [0.2, 0.25) is 0 Å². The lowest BCUT2D eigenvalue weighted by Gasteiger charge is -2.14. The van der Waals surface area contributed by atoms with Crippen molar-refractivity contribution >= 4 is 0 Å². The van der Waals surface area contributed by atoms with Crippen molar-refractivity contribution in [2.24, 2.45) is 5.92 Å². The second kappa shape index (κ2) is 5.13. The van der Waals surface area contributed by atoms with Crippen LogP contribution in [0.15, 0.2) is 0 Å². The van der Waals surface area contributed by atoms with Gasteiger partial charge in [0.25, 0.3) is 0 Å². The van der Waals surface area contributed by atoms with Gasteiger partial charge in [-0.1, -0.05) is 12.8 Å². The van der Waals surface area contributed by atoms with Crippen LogP contribution in [0.2, 0.25) is 0 Å². The van der Waals surface area contributed by atoms with Gasteiger partial charge in [0.15, 0.2) is 0 Å². The van der Waals surface area contributed by atoms with Crippen LogP contribution >= 0.6 is 0 Å². The van der Waals surface area contributed by atoms with E-state index in [0.717, 1.165) is 12.5 Å². The quantitative estimate of drug-likeness (QED) is 0.747. The molecule has 2 fully saturated rings. The SMILES string of the molecule is CC1CCC(CNCC2CCCC2)O1. The fourth-order valence-corrected chi connectivity index (χ4v) is 2.70. The molecular weight excluding hydrogens is 174 g/mol. The van der Waals surface area contributed by atoms with E-state index in [1.807, 2.05) is 0 Å². The van der Waals surface area contributed by atoms with Crippen LogP contribution in [-0.2, 0) is 4.74 Å². The number of ether oxygens (including phenoxy) is 1. The Labute approximate surface area is 87.4 Å². The maximum absolute atomic E-state index is 5.76. The summed E-state index contributed by atoms with van der Waals surface area (Å²) >= 11 is 0. The molecule has 14 heavy (non-hydrogen) atoms. The molecule has 0 aromatic rings. The number of hydrogen-bond acceptors (Lipinski definition) is 2. The Morgan fingerprint density at radius 3 is 2.50 bits per heavy atom. The zero-order valence-electron chi connectivity index (χ0n) is 9.30. The van der Waals surface area contributed by atoms with Gasteiger partial charge < -0.3 is 10.1 Å². The lowest BCUT2D eigenvalue weighted by Crippen LogP contribution is -2.30. The summed E-state index contributed by atoms with van der Waals surface area (Å²) in [5, 5.41) is 3.56. The Bertz CT molecular complexity index is 166. The minimum absolute atomic E-state index is 0.492. The van der Waals surface area contributed by atoms with E-state index < -0.39 is 0 Å². The monoisotopic (exact) mass is 197 g/mol. The third-order valence-electron chi connectivity index (χ3n) is 3.60. The van der Waals surface area contributed by atoms with Gasteiger partial charge in [-0.3, -0.25) is 0 Å². The summed E-state index contributed by atoms with van der Waals surface area (Å²) < 4.78 is 5.76.